The van der Waals surface area contributed by atoms with E-state index in [4.69, 9.17) is 28.9 Å². The third-order valence-electron chi connectivity index (χ3n) is 3.16. The molecule has 21 heavy (non-hydrogen) atoms. The van der Waals surface area contributed by atoms with Crippen LogP contribution in [0.3, 0.4) is 0 Å². The molecule has 3 N–H and O–H groups in total. The first-order chi connectivity index (χ1) is 9.72. The Bertz CT molecular complexity index is 589. The number of sulfonamides is 1. The first kappa shape index (κ1) is 18.5. The molecule has 0 heterocycles. The van der Waals surface area contributed by atoms with Crippen LogP contribution in [0.25, 0.3) is 0 Å². The Hall–Kier alpha value is -0.530. The first-order valence-corrected chi connectivity index (χ1v) is 8.95. The lowest BCUT2D eigenvalue weighted by Gasteiger charge is -2.23. The largest absolute Gasteiger partial charge is 0.396 e. The molecule has 0 saturated heterocycles. The van der Waals surface area contributed by atoms with Crippen LogP contribution in [0.4, 0.5) is 5.69 Å². The monoisotopic (exact) mass is 353 g/mol. The molecule has 5 nitrogen and oxygen atoms in total. The van der Waals surface area contributed by atoms with Crippen LogP contribution in [0.2, 0.25) is 10.0 Å². The summed E-state index contributed by atoms with van der Waals surface area (Å²) in [5, 5.41) is 0.181. The molecule has 8 heteroatoms. The summed E-state index contributed by atoms with van der Waals surface area (Å²) >= 11 is 11.8. The van der Waals surface area contributed by atoms with Gasteiger partial charge in [0.2, 0.25) is 10.0 Å². The van der Waals surface area contributed by atoms with Crippen molar-refractivity contribution in [1.82, 2.24) is 9.62 Å². The molecule has 0 spiro atoms. The summed E-state index contributed by atoms with van der Waals surface area (Å²) < 4.78 is 27.4. The van der Waals surface area contributed by atoms with Gasteiger partial charge in [-0.25, -0.2) is 13.1 Å². The summed E-state index contributed by atoms with van der Waals surface area (Å²) in [5.41, 5.74) is 5.74. The van der Waals surface area contributed by atoms with Gasteiger partial charge in [0.25, 0.3) is 0 Å². The van der Waals surface area contributed by atoms with Crippen molar-refractivity contribution in [2.24, 2.45) is 0 Å². The van der Waals surface area contributed by atoms with Crippen LogP contribution in [0.1, 0.15) is 20.8 Å². The van der Waals surface area contributed by atoms with Crippen LogP contribution in [-0.2, 0) is 10.0 Å². The minimum atomic E-state index is -3.74. The maximum atomic E-state index is 12.4. The minimum absolute atomic E-state index is 0.0509. The van der Waals surface area contributed by atoms with E-state index >= 15 is 0 Å². The first-order valence-electron chi connectivity index (χ1n) is 6.71. The lowest BCUT2D eigenvalue weighted by molar-refractivity contribution is 0.282. The van der Waals surface area contributed by atoms with Crippen LogP contribution in [0, 0.1) is 0 Å². The number of rotatable bonds is 7. The van der Waals surface area contributed by atoms with E-state index in [2.05, 4.69) is 9.62 Å². The van der Waals surface area contributed by atoms with Gasteiger partial charge in [-0.1, -0.05) is 37.0 Å². The zero-order valence-electron chi connectivity index (χ0n) is 12.4. The van der Waals surface area contributed by atoms with E-state index < -0.39 is 10.0 Å². The van der Waals surface area contributed by atoms with Gasteiger partial charge in [-0.3, -0.25) is 0 Å². The smallest absolute Gasteiger partial charge is 0.242 e. The van der Waals surface area contributed by atoms with Gasteiger partial charge < -0.3 is 10.6 Å². The second-order valence-electron chi connectivity index (χ2n) is 4.78. The molecule has 0 fully saturated rings. The van der Waals surface area contributed by atoms with Crippen LogP contribution < -0.4 is 10.5 Å². The van der Waals surface area contributed by atoms with Crippen LogP contribution in [0.15, 0.2) is 17.0 Å². The van der Waals surface area contributed by atoms with E-state index in [1.807, 2.05) is 20.8 Å². The number of hydrogen-bond acceptors (Lipinski definition) is 4. The maximum Gasteiger partial charge on any atom is 0.242 e. The fourth-order valence-electron chi connectivity index (χ4n) is 1.99. The van der Waals surface area contributed by atoms with Crippen molar-refractivity contribution in [3.05, 3.63) is 22.2 Å². The summed E-state index contributed by atoms with van der Waals surface area (Å²) in [7, 11) is -3.74. The van der Waals surface area contributed by atoms with Crippen molar-refractivity contribution >= 4 is 38.9 Å². The Balaban J connectivity index is 2.95. The molecule has 0 saturated carbocycles. The fourth-order valence-corrected chi connectivity index (χ4v) is 3.99. The molecule has 120 valence electrons. The molecule has 1 rings (SSSR count). The van der Waals surface area contributed by atoms with Crippen molar-refractivity contribution in [3.63, 3.8) is 0 Å². The van der Waals surface area contributed by atoms with Crippen molar-refractivity contribution in [3.8, 4) is 0 Å². The number of anilines is 1. The molecule has 0 radical (unpaired) electrons. The summed E-state index contributed by atoms with van der Waals surface area (Å²) in [4.78, 5) is 2.07. The molecule has 1 aromatic rings. The Labute approximate surface area is 136 Å². The van der Waals surface area contributed by atoms with Crippen molar-refractivity contribution in [2.75, 3.05) is 25.4 Å². The van der Waals surface area contributed by atoms with Crippen molar-refractivity contribution in [1.29, 1.82) is 0 Å². The zero-order chi connectivity index (χ0) is 16.2. The molecule has 0 aromatic heterocycles. The van der Waals surface area contributed by atoms with E-state index in [9.17, 15) is 8.42 Å². The van der Waals surface area contributed by atoms with Gasteiger partial charge in [-0.2, -0.15) is 0 Å². The lowest BCUT2D eigenvalue weighted by atomic mass is 10.3. The molecule has 1 unspecified atom stereocenters. The second-order valence-corrected chi connectivity index (χ2v) is 7.25. The molecule has 0 aliphatic carbocycles. The number of benzene rings is 1. The van der Waals surface area contributed by atoms with Gasteiger partial charge in [0.15, 0.2) is 0 Å². The average Bonchev–Trinajstić information content (AvgIpc) is 2.41. The second kappa shape index (κ2) is 7.65. The third kappa shape index (κ3) is 4.72. The Kier molecular flexibility index (Phi) is 6.74. The van der Waals surface area contributed by atoms with Crippen molar-refractivity contribution in [2.45, 2.75) is 31.7 Å². The van der Waals surface area contributed by atoms with Gasteiger partial charge in [0, 0.05) is 12.6 Å². The van der Waals surface area contributed by atoms with Crippen LogP contribution >= 0.6 is 23.2 Å². The quantitative estimate of drug-likeness (QED) is 0.738. The zero-order valence-corrected chi connectivity index (χ0v) is 14.7. The Morgan fingerprint density at radius 3 is 2.38 bits per heavy atom. The molecule has 0 bridgehead atoms. The lowest BCUT2D eigenvalue weighted by Crippen LogP contribution is -2.41. The highest BCUT2D eigenvalue weighted by molar-refractivity contribution is 7.89. The SMILES string of the molecule is CCN(CC)CC(C)NS(=O)(=O)c1ccc(Cl)c(N)c1Cl. The maximum absolute atomic E-state index is 12.4. The van der Waals surface area contributed by atoms with Gasteiger partial charge in [0.05, 0.1) is 15.7 Å². The number of hydrogen-bond donors (Lipinski definition) is 2. The van der Waals surface area contributed by atoms with Crippen LogP contribution in [-0.4, -0.2) is 39.0 Å². The summed E-state index contributed by atoms with van der Waals surface area (Å²) in [6.45, 7) is 8.20. The van der Waals surface area contributed by atoms with E-state index in [1.54, 1.807) is 0 Å². The number of nitrogens with two attached hydrogens (primary N) is 1. The average molecular weight is 354 g/mol. The fraction of sp³-hybridized carbons (Fsp3) is 0.538. The van der Waals surface area contributed by atoms with Crippen molar-refractivity contribution < 1.29 is 8.42 Å². The summed E-state index contributed by atoms with van der Waals surface area (Å²) in [6, 6.07) is 2.53. The number of nitrogens with one attached hydrogen (secondary N) is 1. The molecule has 0 aliphatic heterocycles. The predicted octanol–water partition coefficient (Wildman–Crippen LogP) is 2.58. The highest BCUT2D eigenvalue weighted by Crippen LogP contribution is 2.33. The van der Waals surface area contributed by atoms with Gasteiger partial charge in [-0.05, 0) is 32.1 Å². The number of nitrogen functional groups attached to an aromatic ring is 1. The van der Waals surface area contributed by atoms with E-state index in [-0.39, 0.29) is 26.7 Å². The predicted molar refractivity (Wildman–Crippen MR) is 88.4 cm³/mol. The van der Waals surface area contributed by atoms with Crippen LogP contribution in [0.5, 0.6) is 0 Å². The van der Waals surface area contributed by atoms with E-state index in [0.29, 0.717) is 6.54 Å². The highest BCUT2D eigenvalue weighted by Gasteiger charge is 2.23. The number of nitrogens with zero attached hydrogens (tertiary/aromatic N) is 1. The standard InChI is InChI=1S/C13H21Cl2N3O2S/c1-4-18(5-2)8-9(3)17-21(19,20)11-7-6-10(14)13(16)12(11)15/h6-7,9,17H,4-5,8,16H2,1-3H3. The van der Waals surface area contributed by atoms with Gasteiger partial charge in [-0.15, -0.1) is 0 Å². The van der Waals surface area contributed by atoms with E-state index in [1.165, 1.54) is 12.1 Å². The normalized spacial score (nSPS) is 13.6. The topological polar surface area (TPSA) is 75.4 Å². The number of halogens is 2. The minimum Gasteiger partial charge on any atom is -0.396 e. The molecule has 1 atom stereocenters. The highest BCUT2D eigenvalue weighted by atomic mass is 35.5. The summed E-state index contributed by atoms with van der Waals surface area (Å²) in [6.07, 6.45) is 0. The van der Waals surface area contributed by atoms with E-state index in [0.717, 1.165) is 13.1 Å². The molecular formula is C13H21Cl2N3O2S. The molecule has 0 amide bonds. The Morgan fingerprint density at radius 1 is 1.29 bits per heavy atom. The Morgan fingerprint density at radius 2 is 1.86 bits per heavy atom. The summed E-state index contributed by atoms with van der Waals surface area (Å²) in [5.74, 6) is 0. The molecular weight excluding hydrogens is 333 g/mol. The van der Waals surface area contributed by atoms with Gasteiger partial charge >= 0.3 is 0 Å². The molecule has 1 aromatic carbocycles. The van der Waals surface area contributed by atoms with Gasteiger partial charge in [0.1, 0.15) is 4.90 Å². The molecule has 0 aliphatic rings. The third-order valence-corrected chi connectivity index (χ3v) is 5.64. The number of likely N-dealkylation sites (N-methyl/N-ethyl adjacent to an activating group) is 1.